The molecule has 1 aromatic carbocycles. The molecule has 1 heterocycles. The van der Waals surface area contributed by atoms with E-state index in [-0.39, 0.29) is 5.91 Å². The van der Waals surface area contributed by atoms with Gasteiger partial charge in [-0.15, -0.1) is 0 Å². The van der Waals surface area contributed by atoms with Crippen LogP contribution < -0.4 is 10.1 Å². The highest BCUT2D eigenvalue weighted by Crippen LogP contribution is 2.48. The lowest BCUT2D eigenvalue weighted by atomic mass is 10.0. The lowest BCUT2D eigenvalue weighted by Gasteiger charge is -2.19. The molecule has 0 aliphatic heterocycles. The lowest BCUT2D eigenvalue weighted by molar-refractivity contribution is -0.123. The van der Waals surface area contributed by atoms with E-state index in [9.17, 15) is 4.79 Å². The molecule has 1 amide bonds. The van der Waals surface area contributed by atoms with Crippen LogP contribution in [0.3, 0.4) is 0 Å². The number of amides is 1. The Morgan fingerprint density at radius 2 is 2.08 bits per heavy atom. The van der Waals surface area contributed by atoms with E-state index in [1.165, 1.54) is 0 Å². The predicted molar refractivity (Wildman–Crippen MR) is 100 cm³/mol. The number of hydrogen-bond donors (Lipinski definition) is 1. The summed E-state index contributed by atoms with van der Waals surface area (Å²) in [5, 5.41) is 7.26. The van der Waals surface area contributed by atoms with Gasteiger partial charge in [-0.25, -0.2) is 0 Å². The van der Waals surface area contributed by atoms with Crippen LogP contribution in [-0.4, -0.2) is 49.3 Å². The van der Waals surface area contributed by atoms with Gasteiger partial charge < -0.3 is 19.5 Å². The Kier molecular flexibility index (Phi) is 5.61. The van der Waals surface area contributed by atoms with Crippen molar-refractivity contribution in [2.45, 2.75) is 32.1 Å². The van der Waals surface area contributed by atoms with Gasteiger partial charge in [0.2, 0.25) is 5.91 Å². The van der Waals surface area contributed by atoms with Crippen molar-refractivity contribution in [2.75, 3.05) is 33.3 Å². The smallest absolute Gasteiger partial charge is 0.232 e. The molecule has 1 fully saturated rings. The van der Waals surface area contributed by atoms with Gasteiger partial charge in [-0.3, -0.25) is 4.79 Å². The Hall–Kier alpha value is -2.34. The molecule has 6 heteroatoms. The lowest BCUT2D eigenvalue weighted by Crippen LogP contribution is -2.40. The van der Waals surface area contributed by atoms with Crippen LogP contribution in [0.5, 0.6) is 5.75 Å². The van der Waals surface area contributed by atoms with Gasteiger partial charge in [0, 0.05) is 24.7 Å². The highest BCUT2D eigenvalue weighted by Gasteiger charge is 2.53. The van der Waals surface area contributed by atoms with Crippen LogP contribution in [0.2, 0.25) is 0 Å². The molecule has 0 bridgehead atoms. The minimum Gasteiger partial charge on any atom is -0.497 e. The second kappa shape index (κ2) is 7.91. The highest BCUT2D eigenvalue weighted by molar-refractivity contribution is 5.91. The second-order valence-electron chi connectivity index (χ2n) is 6.67. The number of nitrogens with one attached hydrogen (secondary N) is 1. The zero-order chi connectivity index (χ0) is 18.6. The first-order chi connectivity index (χ1) is 12.6. The Balaban J connectivity index is 1.67. The van der Waals surface area contributed by atoms with Gasteiger partial charge in [-0.2, -0.15) is 0 Å². The van der Waals surface area contributed by atoms with E-state index in [4.69, 9.17) is 9.26 Å². The average molecular weight is 357 g/mol. The van der Waals surface area contributed by atoms with Crippen LogP contribution in [0.1, 0.15) is 32.4 Å². The quantitative estimate of drug-likeness (QED) is 0.747. The Morgan fingerprint density at radius 3 is 2.73 bits per heavy atom. The van der Waals surface area contributed by atoms with E-state index in [1.807, 2.05) is 30.3 Å². The third-order valence-electron chi connectivity index (χ3n) is 5.15. The molecule has 140 valence electrons. The first-order valence-electron chi connectivity index (χ1n) is 9.25. The van der Waals surface area contributed by atoms with E-state index >= 15 is 0 Å². The third-order valence-corrected chi connectivity index (χ3v) is 5.15. The molecule has 0 saturated heterocycles. The topological polar surface area (TPSA) is 67.6 Å². The fraction of sp³-hybridized carbons (Fsp3) is 0.500. The standard InChI is InChI=1S/C20H27N3O3/c1-4-23(5-2)12-11-21-19(24)20(9-10-20)18-14-17(26-22-18)15-7-6-8-16(13-15)25-3/h6-8,13-14H,4-5,9-12H2,1-3H3,(H,21,24). The second-order valence-corrected chi connectivity index (χ2v) is 6.67. The van der Waals surface area contributed by atoms with E-state index < -0.39 is 5.41 Å². The molecule has 0 radical (unpaired) electrons. The SMILES string of the molecule is CCN(CC)CCNC(=O)C1(c2cc(-c3cccc(OC)c3)on2)CC1. The van der Waals surface area contributed by atoms with Gasteiger partial charge in [0.05, 0.1) is 18.2 Å². The first-order valence-corrected chi connectivity index (χ1v) is 9.25. The summed E-state index contributed by atoms with van der Waals surface area (Å²) in [7, 11) is 1.63. The fourth-order valence-corrected chi connectivity index (χ4v) is 3.17. The molecule has 0 spiro atoms. The van der Waals surface area contributed by atoms with Crippen molar-refractivity contribution in [1.29, 1.82) is 0 Å². The van der Waals surface area contributed by atoms with Gasteiger partial charge in [-0.1, -0.05) is 31.1 Å². The number of rotatable bonds is 9. The van der Waals surface area contributed by atoms with Crippen LogP contribution in [0.15, 0.2) is 34.9 Å². The normalized spacial score (nSPS) is 15.1. The van der Waals surface area contributed by atoms with Gasteiger partial charge in [0.15, 0.2) is 5.76 Å². The van der Waals surface area contributed by atoms with E-state index in [0.29, 0.717) is 12.3 Å². The molecule has 1 aliphatic carbocycles. The Labute approximate surface area is 154 Å². The van der Waals surface area contributed by atoms with Gasteiger partial charge in [0.1, 0.15) is 5.75 Å². The molecule has 26 heavy (non-hydrogen) atoms. The summed E-state index contributed by atoms with van der Waals surface area (Å²) in [6.45, 7) is 7.76. The molecular formula is C20H27N3O3. The van der Waals surface area contributed by atoms with Crippen LogP contribution in [0.25, 0.3) is 11.3 Å². The molecule has 1 aromatic heterocycles. The van der Waals surface area contributed by atoms with Crippen LogP contribution >= 0.6 is 0 Å². The number of aromatic nitrogens is 1. The molecule has 6 nitrogen and oxygen atoms in total. The molecule has 1 saturated carbocycles. The van der Waals surface area contributed by atoms with E-state index in [1.54, 1.807) is 7.11 Å². The van der Waals surface area contributed by atoms with Gasteiger partial charge in [0.25, 0.3) is 0 Å². The molecule has 3 rings (SSSR count). The van der Waals surface area contributed by atoms with Gasteiger partial charge in [-0.05, 0) is 38.1 Å². The van der Waals surface area contributed by atoms with Crippen molar-refractivity contribution >= 4 is 5.91 Å². The largest absolute Gasteiger partial charge is 0.497 e. The number of nitrogens with zero attached hydrogens (tertiary/aromatic N) is 2. The predicted octanol–water partition coefficient (Wildman–Crippen LogP) is 2.84. The summed E-state index contributed by atoms with van der Waals surface area (Å²) in [6.07, 6.45) is 1.63. The molecule has 2 aromatic rings. The molecular weight excluding hydrogens is 330 g/mol. The Bertz CT molecular complexity index is 748. The van der Waals surface area contributed by atoms with E-state index in [0.717, 1.165) is 49.5 Å². The first kappa shape index (κ1) is 18.5. The molecule has 1 N–H and O–H groups in total. The zero-order valence-electron chi connectivity index (χ0n) is 15.7. The summed E-state index contributed by atoms with van der Waals surface area (Å²) in [6, 6.07) is 9.51. The number of carbonyl (C=O) groups excluding carboxylic acids is 1. The van der Waals surface area contributed by atoms with Crippen LogP contribution in [0, 0.1) is 0 Å². The van der Waals surface area contributed by atoms with Crippen molar-refractivity contribution in [1.82, 2.24) is 15.4 Å². The van der Waals surface area contributed by atoms with Crippen molar-refractivity contribution in [3.63, 3.8) is 0 Å². The van der Waals surface area contributed by atoms with Crippen molar-refractivity contribution in [2.24, 2.45) is 0 Å². The summed E-state index contributed by atoms with van der Waals surface area (Å²) in [5.74, 6) is 1.46. The molecule has 0 unspecified atom stereocenters. The van der Waals surface area contributed by atoms with Gasteiger partial charge >= 0.3 is 0 Å². The number of likely N-dealkylation sites (N-methyl/N-ethyl adjacent to an activating group) is 1. The minimum atomic E-state index is -0.524. The maximum atomic E-state index is 12.7. The van der Waals surface area contributed by atoms with Crippen molar-refractivity contribution < 1.29 is 14.1 Å². The molecule has 1 aliphatic rings. The van der Waals surface area contributed by atoms with Crippen LogP contribution in [0.4, 0.5) is 0 Å². The number of hydrogen-bond acceptors (Lipinski definition) is 5. The number of methoxy groups -OCH3 is 1. The Morgan fingerprint density at radius 1 is 1.31 bits per heavy atom. The minimum absolute atomic E-state index is 0.0511. The number of benzene rings is 1. The number of ether oxygens (including phenoxy) is 1. The number of carbonyl (C=O) groups is 1. The summed E-state index contributed by atoms with van der Waals surface area (Å²) in [4.78, 5) is 15.0. The summed E-state index contributed by atoms with van der Waals surface area (Å²) in [5.41, 5.74) is 1.08. The maximum Gasteiger partial charge on any atom is 0.232 e. The average Bonchev–Trinajstić information content (AvgIpc) is 3.35. The monoisotopic (exact) mass is 357 g/mol. The van der Waals surface area contributed by atoms with E-state index in [2.05, 4.69) is 29.2 Å². The summed E-state index contributed by atoms with van der Waals surface area (Å²) >= 11 is 0. The van der Waals surface area contributed by atoms with Crippen molar-refractivity contribution in [3.05, 3.63) is 36.0 Å². The molecule has 0 atom stereocenters. The third kappa shape index (κ3) is 3.75. The zero-order valence-corrected chi connectivity index (χ0v) is 15.7. The summed E-state index contributed by atoms with van der Waals surface area (Å²) < 4.78 is 10.8. The fourth-order valence-electron chi connectivity index (χ4n) is 3.17. The maximum absolute atomic E-state index is 12.7. The van der Waals surface area contributed by atoms with Crippen LogP contribution in [-0.2, 0) is 10.2 Å². The van der Waals surface area contributed by atoms with Crippen molar-refractivity contribution in [3.8, 4) is 17.1 Å². The highest BCUT2D eigenvalue weighted by atomic mass is 16.5.